The minimum atomic E-state index is -0.581. The first-order valence-electron chi connectivity index (χ1n) is 10.8. The summed E-state index contributed by atoms with van der Waals surface area (Å²) in [4.78, 5) is 70.9. The van der Waals surface area contributed by atoms with Crippen molar-refractivity contribution in [3.8, 4) is 0 Å². The zero-order valence-electron chi connectivity index (χ0n) is 19.8. The topological polar surface area (TPSA) is 163 Å². The summed E-state index contributed by atoms with van der Waals surface area (Å²) in [6, 6.07) is 0. The summed E-state index contributed by atoms with van der Waals surface area (Å²) >= 11 is 0. The number of carbonyl (C=O) groups is 6. The first-order chi connectivity index (χ1) is 15.9. The van der Waals surface area contributed by atoms with Crippen molar-refractivity contribution < 1.29 is 33.5 Å². The highest BCUT2D eigenvalue weighted by molar-refractivity contribution is 6.12. The van der Waals surface area contributed by atoms with E-state index in [0.29, 0.717) is 5.70 Å². The molecule has 1 aliphatic heterocycles. The van der Waals surface area contributed by atoms with Crippen LogP contribution in [0.25, 0.3) is 0 Å². The van der Waals surface area contributed by atoms with Gasteiger partial charge in [-0.1, -0.05) is 6.58 Å². The molecule has 4 N–H and O–H groups in total. The molecule has 1 rings (SSSR count). The molecular formula is C22H33N5O7. The van der Waals surface area contributed by atoms with Gasteiger partial charge in [0.2, 0.25) is 17.7 Å². The van der Waals surface area contributed by atoms with Crippen LogP contribution in [0.1, 0.15) is 40.0 Å². The maximum atomic E-state index is 11.8. The molecule has 12 heteroatoms. The quantitative estimate of drug-likeness (QED) is 0.180. The number of esters is 1. The number of ether oxygens (including phenoxy) is 1. The van der Waals surface area contributed by atoms with Crippen molar-refractivity contribution in [1.29, 1.82) is 0 Å². The van der Waals surface area contributed by atoms with Crippen molar-refractivity contribution in [3.05, 3.63) is 24.4 Å². The maximum absolute atomic E-state index is 11.8. The van der Waals surface area contributed by atoms with Crippen LogP contribution in [0, 0.1) is 0 Å². The number of hydrogen-bond donors (Lipinski definition) is 4. The lowest BCUT2D eigenvalue weighted by Crippen LogP contribution is -2.40. The largest absolute Gasteiger partial charge is 0.460 e. The highest BCUT2D eigenvalue weighted by atomic mass is 16.6. The Morgan fingerprint density at radius 3 is 2.03 bits per heavy atom. The average Bonchev–Trinajstić information content (AvgIpc) is 3.05. The minimum Gasteiger partial charge on any atom is -0.460 e. The Morgan fingerprint density at radius 2 is 1.41 bits per heavy atom. The number of rotatable bonds is 14. The second-order valence-corrected chi connectivity index (χ2v) is 8.46. The third-order valence-corrected chi connectivity index (χ3v) is 4.20. The van der Waals surface area contributed by atoms with Gasteiger partial charge in [-0.3, -0.25) is 33.7 Å². The Hall–Kier alpha value is -3.70. The van der Waals surface area contributed by atoms with Gasteiger partial charge in [-0.15, -0.1) is 0 Å². The molecule has 0 aromatic heterocycles. The van der Waals surface area contributed by atoms with Crippen LogP contribution in [0.3, 0.4) is 0 Å². The van der Waals surface area contributed by atoms with E-state index in [1.807, 2.05) is 0 Å². The number of hydrogen-bond acceptors (Lipinski definition) is 8. The summed E-state index contributed by atoms with van der Waals surface area (Å²) in [7, 11) is 0. The van der Waals surface area contributed by atoms with Crippen LogP contribution >= 0.6 is 0 Å². The van der Waals surface area contributed by atoms with Gasteiger partial charge in [-0.2, -0.15) is 0 Å². The molecule has 5 amide bonds. The second-order valence-electron chi connectivity index (χ2n) is 8.46. The highest BCUT2D eigenvalue weighted by Gasteiger charge is 2.22. The molecule has 0 bridgehead atoms. The van der Waals surface area contributed by atoms with Crippen molar-refractivity contribution in [3.63, 3.8) is 0 Å². The fourth-order valence-electron chi connectivity index (χ4n) is 2.61. The summed E-state index contributed by atoms with van der Waals surface area (Å²) in [6.45, 7) is 8.96. The Balaban J connectivity index is 2.09. The SMILES string of the molecule is C=C(CNC(=O)CNC(=O)CCCN1C(=O)C=CC1=O)NCC(=O)NCCC(=O)OC(C)(C)C. The normalized spacial score (nSPS) is 12.9. The van der Waals surface area contributed by atoms with Crippen LogP contribution in [0.15, 0.2) is 24.4 Å². The fourth-order valence-corrected chi connectivity index (χ4v) is 2.61. The number of nitrogens with zero attached hydrogens (tertiary/aromatic N) is 1. The van der Waals surface area contributed by atoms with Gasteiger partial charge in [-0.25, -0.2) is 0 Å². The van der Waals surface area contributed by atoms with E-state index in [1.165, 1.54) is 12.2 Å². The standard InChI is InChI=1S/C22H33N5O7/c1-15(24-13-17(29)23-10-9-21(33)34-22(2,3)4)12-25-18(30)14-26-16(28)6-5-11-27-19(31)7-8-20(27)32/h7-8,24H,1,5-6,9-14H2,2-4H3,(H,23,29)(H,25,30)(H,26,28). The molecular weight excluding hydrogens is 446 g/mol. The number of imide groups is 1. The van der Waals surface area contributed by atoms with E-state index in [-0.39, 0.29) is 63.8 Å². The summed E-state index contributed by atoms with van der Waals surface area (Å²) in [5, 5.41) is 10.3. The zero-order valence-corrected chi connectivity index (χ0v) is 19.8. The number of amides is 5. The van der Waals surface area contributed by atoms with Gasteiger partial charge in [0.1, 0.15) is 5.60 Å². The molecule has 0 aromatic rings. The Labute approximate surface area is 198 Å². The van der Waals surface area contributed by atoms with Crippen LogP contribution in [-0.2, 0) is 33.5 Å². The van der Waals surface area contributed by atoms with E-state index in [0.717, 1.165) is 4.90 Å². The molecule has 34 heavy (non-hydrogen) atoms. The van der Waals surface area contributed by atoms with E-state index in [2.05, 4.69) is 27.8 Å². The molecule has 0 spiro atoms. The molecule has 0 saturated heterocycles. The lowest BCUT2D eigenvalue weighted by atomic mass is 10.2. The summed E-state index contributed by atoms with van der Waals surface area (Å²) in [6.07, 6.45) is 2.75. The summed E-state index contributed by atoms with van der Waals surface area (Å²) < 4.78 is 5.14. The van der Waals surface area contributed by atoms with Gasteiger partial charge >= 0.3 is 5.97 Å². The molecule has 188 valence electrons. The van der Waals surface area contributed by atoms with Gasteiger partial charge in [0.25, 0.3) is 11.8 Å². The zero-order chi connectivity index (χ0) is 25.7. The summed E-state index contributed by atoms with van der Waals surface area (Å²) in [5.74, 6) is -2.41. The van der Waals surface area contributed by atoms with Crippen LogP contribution in [-0.4, -0.2) is 78.7 Å². The minimum absolute atomic E-state index is 0.0477. The molecule has 0 radical (unpaired) electrons. The molecule has 1 heterocycles. The third kappa shape index (κ3) is 12.4. The number of nitrogens with one attached hydrogen (secondary N) is 4. The summed E-state index contributed by atoms with van der Waals surface area (Å²) in [5.41, 5.74) is -0.196. The van der Waals surface area contributed by atoms with Gasteiger partial charge in [-0.05, 0) is 27.2 Å². The number of carbonyl (C=O) groups excluding carboxylic acids is 6. The smallest absolute Gasteiger partial charge is 0.308 e. The first-order valence-corrected chi connectivity index (χ1v) is 10.8. The molecule has 0 aliphatic carbocycles. The van der Waals surface area contributed by atoms with Crippen molar-refractivity contribution in [2.45, 2.75) is 45.6 Å². The van der Waals surface area contributed by atoms with E-state index in [1.54, 1.807) is 20.8 Å². The van der Waals surface area contributed by atoms with E-state index in [4.69, 9.17) is 4.74 Å². The predicted molar refractivity (Wildman–Crippen MR) is 122 cm³/mol. The van der Waals surface area contributed by atoms with Crippen LogP contribution in [0.5, 0.6) is 0 Å². The van der Waals surface area contributed by atoms with E-state index >= 15 is 0 Å². The van der Waals surface area contributed by atoms with Crippen molar-refractivity contribution in [2.75, 3.05) is 32.7 Å². The Kier molecular flexibility index (Phi) is 11.5. The van der Waals surface area contributed by atoms with Gasteiger partial charge in [0.15, 0.2) is 0 Å². The molecule has 0 atom stereocenters. The lowest BCUT2D eigenvalue weighted by Gasteiger charge is -2.19. The maximum Gasteiger partial charge on any atom is 0.308 e. The van der Waals surface area contributed by atoms with E-state index < -0.39 is 29.3 Å². The van der Waals surface area contributed by atoms with Crippen molar-refractivity contribution in [2.24, 2.45) is 0 Å². The first kappa shape index (κ1) is 28.3. The van der Waals surface area contributed by atoms with Crippen LogP contribution in [0.2, 0.25) is 0 Å². The van der Waals surface area contributed by atoms with Gasteiger partial charge in [0.05, 0.1) is 26.1 Å². The predicted octanol–water partition coefficient (Wildman–Crippen LogP) is -1.12. The van der Waals surface area contributed by atoms with Crippen molar-refractivity contribution >= 4 is 35.5 Å². The van der Waals surface area contributed by atoms with Crippen LogP contribution in [0.4, 0.5) is 0 Å². The molecule has 0 saturated carbocycles. The van der Waals surface area contributed by atoms with Crippen LogP contribution < -0.4 is 21.3 Å². The molecule has 12 nitrogen and oxygen atoms in total. The average molecular weight is 480 g/mol. The van der Waals surface area contributed by atoms with Crippen molar-refractivity contribution in [1.82, 2.24) is 26.2 Å². The highest BCUT2D eigenvalue weighted by Crippen LogP contribution is 2.07. The van der Waals surface area contributed by atoms with E-state index in [9.17, 15) is 28.8 Å². The molecule has 0 fully saturated rings. The lowest BCUT2D eigenvalue weighted by molar-refractivity contribution is -0.154. The molecule has 0 unspecified atom stereocenters. The molecule has 0 aromatic carbocycles. The van der Waals surface area contributed by atoms with Gasteiger partial charge < -0.3 is 26.0 Å². The monoisotopic (exact) mass is 479 g/mol. The fraction of sp³-hybridized carbons (Fsp3) is 0.545. The third-order valence-electron chi connectivity index (χ3n) is 4.20. The Morgan fingerprint density at radius 1 is 0.853 bits per heavy atom. The second kappa shape index (κ2) is 13.8. The molecule has 1 aliphatic rings. The Bertz CT molecular complexity index is 827. The van der Waals surface area contributed by atoms with Gasteiger partial charge in [0, 0.05) is 37.4 Å².